The van der Waals surface area contributed by atoms with E-state index in [2.05, 4.69) is 26.5 Å². The Morgan fingerprint density at radius 1 is 1.32 bits per heavy atom. The summed E-state index contributed by atoms with van der Waals surface area (Å²) in [6.07, 6.45) is 1.51. The molecule has 0 radical (unpaired) electrons. The van der Waals surface area contributed by atoms with Gasteiger partial charge in [0.1, 0.15) is 6.61 Å². The summed E-state index contributed by atoms with van der Waals surface area (Å²) in [5, 5.41) is 4.92. The van der Waals surface area contributed by atoms with Crippen LogP contribution in [-0.4, -0.2) is 19.2 Å². The molecule has 0 fully saturated rings. The molecule has 2 aromatic carbocycles. The van der Waals surface area contributed by atoms with E-state index in [9.17, 15) is 4.79 Å². The van der Waals surface area contributed by atoms with Gasteiger partial charge in [-0.05, 0) is 45.8 Å². The molecule has 132 valence electrons. The number of ether oxygens (including phenoxy) is 2. The summed E-state index contributed by atoms with van der Waals surface area (Å²) in [4.78, 5) is 10.8. The Hall–Kier alpha value is -1.76. The highest BCUT2D eigenvalue weighted by atomic mass is 79.9. The van der Waals surface area contributed by atoms with Crippen LogP contribution in [0.15, 0.2) is 39.9 Å². The molecule has 0 unspecified atom stereocenters. The van der Waals surface area contributed by atoms with Crippen molar-refractivity contribution in [1.29, 1.82) is 0 Å². The first-order valence-electron chi connectivity index (χ1n) is 7.14. The van der Waals surface area contributed by atoms with Crippen LogP contribution in [0.3, 0.4) is 0 Å². The predicted molar refractivity (Wildman–Crippen MR) is 103 cm³/mol. The topological polar surface area (TPSA) is 59.9 Å². The maximum absolute atomic E-state index is 10.8. The number of carbonyl (C=O) groups excluding carboxylic acids is 1. The summed E-state index contributed by atoms with van der Waals surface area (Å²) in [7, 11) is 1.54. The Morgan fingerprint density at radius 3 is 2.72 bits per heavy atom. The van der Waals surface area contributed by atoms with Crippen LogP contribution in [0.25, 0.3) is 0 Å². The average molecular weight is 446 g/mol. The van der Waals surface area contributed by atoms with Gasteiger partial charge in [0, 0.05) is 22.5 Å². The van der Waals surface area contributed by atoms with Crippen LogP contribution in [-0.2, 0) is 11.4 Å². The average Bonchev–Trinajstić information content (AvgIpc) is 2.54. The van der Waals surface area contributed by atoms with Crippen molar-refractivity contribution >= 4 is 51.3 Å². The number of carbonyl (C=O) groups is 1. The highest BCUT2D eigenvalue weighted by Crippen LogP contribution is 2.37. The van der Waals surface area contributed by atoms with Gasteiger partial charge in [-0.2, -0.15) is 5.10 Å². The molecular formula is C17H15BrCl2N2O3. The SMILES string of the molecule is COc1cc(/C=N\NC(C)=O)cc(Br)c1OCc1ccc(Cl)cc1Cl. The zero-order valence-electron chi connectivity index (χ0n) is 13.5. The van der Waals surface area contributed by atoms with E-state index in [1.165, 1.54) is 13.1 Å². The number of amides is 1. The Morgan fingerprint density at radius 2 is 2.08 bits per heavy atom. The molecule has 0 aliphatic heterocycles. The van der Waals surface area contributed by atoms with Crippen molar-refractivity contribution in [2.75, 3.05) is 7.11 Å². The minimum Gasteiger partial charge on any atom is -0.493 e. The molecule has 0 atom stereocenters. The summed E-state index contributed by atoms with van der Waals surface area (Å²) in [6.45, 7) is 1.64. The molecule has 0 spiro atoms. The maximum Gasteiger partial charge on any atom is 0.236 e. The minimum absolute atomic E-state index is 0.248. The van der Waals surface area contributed by atoms with Crippen molar-refractivity contribution in [2.45, 2.75) is 13.5 Å². The van der Waals surface area contributed by atoms with E-state index in [-0.39, 0.29) is 12.5 Å². The third-order valence-corrected chi connectivity index (χ3v) is 4.25. The fourth-order valence-corrected chi connectivity index (χ4v) is 2.98. The van der Waals surface area contributed by atoms with Crippen LogP contribution in [0.4, 0.5) is 0 Å². The summed E-state index contributed by atoms with van der Waals surface area (Å²) >= 11 is 15.5. The molecule has 0 aliphatic rings. The second kappa shape index (κ2) is 9.08. The smallest absolute Gasteiger partial charge is 0.236 e. The largest absolute Gasteiger partial charge is 0.493 e. The van der Waals surface area contributed by atoms with Crippen LogP contribution in [0.1, 0.15) is 18.1 Å². The molecule has 0 saturated heterocycles. The number of benzene rings is 2. The number of halogens is 3. The zero-order chi connectivity index (χ0) is 18.4. The van der Waals surface area contributed by atoms with Gasteiger partial charge in [0.05, 0.1) is 17.8 Å². The van der Waals surface area contributed by atoms with Gasteiger partial charge in [0.15, 0.2) is 11.5 Å². The van der Waals surface area contributed by atoms with Crippen molar-refractivity contribution in [3.05, 3.63) is 56.0 Å². The monoisotopic (exact) mass is 444 g/mol. The van der Waals surface area contributed by atoms with E-state index in [0.29, 0.717) is 26.0 Å². The van der Waals surface area contributed by atoms with Crippen molar-refractivity contribution in [1.82, 2.24) is 5.43 Å². The highest BCUT2D eigenvalue weighted by molar-refractivity contribution is 9.10. The number of methoxy groups -OCH3 is 1. The van der Waals surface area contributed by atoms with Gasteiger partial charge in [-0.15, -0.1) is 0 Å². The number of hydrogen-bond acceptors (Lipinski definition) is 4. The van der Waals surface area contributed by atoms with E-state index in [1.54, 1.807) is 37.4 Å². The van der Waals surface area contributed by atoms with Gasteiger partial charge in [0.25, 0.3) is 0 Å². The minimum atomic E-state index is -0.248. The predicted octanol–water partition coefficient (Wildman–Crippen LogP) is 4.81. The Bertz CT molecular complexity index is 813. The molecule has 0 aromatic heterocycles. The lowest BCUT2D eigenvalue weighted by Gasteiger charge is -2.14. The van der Waals surface area contributed by atoms with Crippen LogP contribution in [0.2, 0.25) is 10.0 Å². The van der Waals surface area contributed by atoms with Gasteiger partial charge < -0.3 is 9.47 Å². The number of rotatable bonds is 6. The van der Waals surface area contributed by atoms with Crippen molar-refractivity contribution in [2.24, 2.45) is 5.10 Å². The second-order valence-electron chi connectivity index (χ2n) is 4.98. The van der Waals surface area contributed by atoms with Crippen LogP contribution in [0.5, 0.6) is 11.5 Å². The second-order valence-corrected chi connectivity index (χ2v) is 6.68. The molecule has 0 heterocycles. The first-order valence-corrected chi connectivity index (χ1v) is 8.69. The number of hydrogen-bond donors (Lipinski definition) is 1. The quantitative estimate of drug-likeness (QED) is 0.512. The van der Waals surface area contributed by atoms with Crippen molar-refractivity contribution in [3.63, 3.8) is 0 Å². The summed E-state index contributed by atoms with van der Waals surface area (Å²) in [5.74, 6) is 0.802. The molecule has 0 bridgehead atoms. The zero-order valence-corrected chi connectivity index (χ0v) is 16.6. The third kappa shape index (κ3) is 5.63. The van der Waals surface area contributed by atoms with Crippen LogP contribution in [0, 0.1) is 0 Å². The van der Waals surface area contributed by atoms with Crippen molar-refractivity contribution in [3.8, 4) is 11.5 Å². The first kappa shape index (κ1) is 19.6. The summed E-state index contributed by atoms with van der Waals surface area (Å²) < 4.78 is 11.9. The summed E-state index contributed by atoms with van der Waals surface area (Å²) in [6, 6.07) is 8.76. The van der Waals surface area contributed by atoms with Gasteiger partial charge in [0.2, 0.25) is 5.91 Å². The molecule has 1 amide bonds. The molecule has 5 nitrogen and oxygen atoms in total. The summed E-state index contributed by atoms with van der Waals surface area (Å²) in [5.41, 5.74) is 3.87. The number of hydrazone groups is 1. The fraction of sp³-hybridized carbons (Fsp3) is 0.176. The molecular weight excluding hydrogens is 431 g/mol. The number of nitrogens with zero attached hydrogens (tertiary/aromatic N) is 1. The lowest BCUT2D eigenvalue weighted by atomic mass is 10.2. The molecule has 0 aliphatic carbocycles. The Balaban J connectivity index is 2.19. The van der Waals surface area contributed by atoms with E-state index >= 15 is 0 Å². The highest BCUT2D eigenvalue weighted by Gasteiger charge is 2.12. The van der Waals surface area contributed by atoms with Crippen LogP contribution >= 0.6 is 39.1 Å². The van der Waals surface area contributed by atoms with Gasteiger partial charge in [-0.3, -0.25) is 4.79 Å². The standard InChI is InChI=1S/C17H15BrCl2N2O3/c1-10(23)22-21-8-11-5-14(18)17(16(6-11)24-2)25-9-12-3-4-13(19)7-15(12)20/h3-8H,9H2,1-2H3,(H,22,23)/b21-8-. The lowest BCUT2D eigenvalue weighted by molar-refractivity contribution is -0.118. The Labute approximate surface area is 164 Å². The van der Waals surface area contributed by atoms with E-state index in [1.807, 2.05) is 0 Å². The molecule has 1 N–H and O–H groups in total. The van der Waals surface area contributed by atoms with Crippen molar-refractivity contribution < 1.29 is 14.3 Å². The van der Waals surface area contributed by atoms with Crippen LogP contribution < -0.4 is 14.9 Å². The van der Waals surface area contributed by atoms with Gasteiger partial charge >= 0.3 is 0 Å². The van der Waals surface area contributed by atoms with Gasteiger partial charge in [-0.1, -0.05) is 29.3 Å². The van der Waals surface area contributed by atoms with Gasteiger partial charge in [-0.25, -0.2) is 5.43 Å². The molecule has 25 heavy (non-hydrogen) atoms. The molecule has 2 aromatic rings. The lowest BCUT2D eigenvalue weighted by Crippen LogP contribution is -2.12. The molecule has 8 heteroatoms. The fourth-order valence-electron chi connectivity index (χ4n) is 1.94. The normalized spacial score (nSPS) is 10.8. The molecule has 0 saturated carbocycles. The molecule has 2 rings (SSSR count). The van der Waals surface area contributed by atoms with E-state index in [0.717, 1.165) is 11.1 Å². The van der Waals surface area contributed by atoms with E-state index < -0.39 is 0 Å². The number of nitrogens with one attached hydrogen (secondary N) is 1. The Kier molecular flexibility index (Phi) is 7.11. The first-order chi connectivity index (χ1) is 11.9. The van der Waals surface area contributed by atoms with E-state index in [4.69, 9.17) is 32.7 Å². The maximum atomic E-state index is 10.8. The third-order valence-electron chi connectivity index (χ3n) is 3.07.